The van der Waals surface area contributed by atoms with Gasteiger partial charge in [-0.05, 0) is 49.5 Å². The van der Waals surface area contributed by atoms with E-state index in [1.165, 1.54) is 0 Å². The number of anilines is 1. The first-order chi connectivity index (χ1) is 13.5. The van der Waals surface area contributed by atoms with E-state index in [-0.39, 0.29) is 24.1 Å². The van der Waals surface area contributed by atoms with Crippen LogP contribution in [0, 0.1) is 5.82 Å². The lowest BCUT2D eigenvalue weighted by molar-refractivity contribution is -0.125. The van der Waals surface area contributed by atoms with E-state index in [1.807, 2.05) is 27.0 Å². The first kappa shape index (κ1) is 21.8. The van der Waals surface area contributed by atoms with Crippen LogP contribution in [-0.4, -0.2) is 48.8 Å². The molecule has 3 rings (SSSR count). The van der Waals surface area contributed by atoms with Crippen LogP contribution in [-0.2, 0) is 16.6 Å². The van der Waals surface area contributed by atoms with E-state index in [4.69, 9.17) is 0 Å². The van der Waals surface area contributed by atoms with Crippen molar-refractivity contribution in [3.8, 4) is 0 Å². The standard InChI is InChI=1S/C18H24FN5O2.C2H6/c1-23(8-5-17(26)21-11-25)18-14-9-15(19)13(10-16(14)24(2)22-18)12-3-6-20-7-4-12;1-2/h9-12,20H,3-8H2,1-2H3,(H,21,25,26);1-2H3. The zero-order chi connectivity index (χ0) is 20.7. The van der Waals surface area contributed by atoms with Crippen LogP contribution in [0.15, 0.2) is 12.1 Å². The monoisotopic (exact) mass is 391 g/mol. The first-order valence-electron chi connectivity index (χ1n) is 9.82. The molecule has 0 saturated carbocycles. The van der Waals surface area contributed by atoms with E-state index < -0.39 is 0 Å². The highest BCUT2D eigenvalue weighted by Crippen LogP contribution is 2.33. The van der Waals surface area contributed by atoms with Crippen LogP contribution in [0.2, 0.25) is 0 Å². The molecule has 2 heterocycles. The number of aromatic nitrogens is 2. The maximum Gasteiger partial charge on any atom is 0.228 e. The van der Waals surface area contributed by atoms with Crippen molar-refractivity contribution in [2.45, 2.75) is 39.0 Å². The van der Waals surface area contributed by atoms with E-state index in [2.05, 4.69) is 15.7 Å². The van der Waals surface area contributed by atoms with Crippen LogP contribution in [0.3, 0.4) is 0 Å². The molecule has 0 radical (unpaired) electrons. The summed E-state index contributed by atoms with van der Waals surface area (Å²) in [7, 11) is 3.64. The van der Waals surface area contributed by atoms with Crippen LogP contribution >= 0.6 is 0 Å². The molecule has 154 valence electrons. The minimum Gasteiger partial charge on any atom is -0.357 e. The number of nitrogens with zero attached hydrogens (tertiary/aromatic N) is 3. The highest BCUT2D eigenvalue weighted by molar-refractivity contribution is 5.92. The topological polar surface area (TPSA) is 79.3 Å². The quantitative estimate of drug-likeness (QED) is 0.739. The molecule has 1 fully saturated rings. The van der Waals surface area contributed by atoms with Crippen LogP contribution in [0.25, 0.3) is 10.9 Å². The van der Waals surface area contributed by atoms with Gasteiger partial charge in [-0.2, -0.15) is 5.10 Å². The van der Waals surface area contributed by atoms with E-state index in [0.29, 0.717) is 18.8 Å². The summed E-state index contributed by atoms with van der Waals surface area (Å²) < 4.78 is 16.5. The molecule has 2 amide bonds. The Morgan fingerprint density at radius 1 is 1.39 bits per heavy atom. The molecular formula is C20H30FN5O2. The highest BCUT2D eigenvalue weighted by Gasteiger charge is 2.22. The third-order valence-corrected chi connectivity index (χ3v) is 4.98. The molecular weight excluding hydrogens is 361 g/mol. The molecule has 0 aliphatic carbocycles. The maximum absolute atomic E-state index is 14.8. The van der Waals surface area contributed by atoms with Gasteiger partial charge in [0, 0.05) is 32.4 Å². The van der Waals surface area contributed by atoms with Crippen molar-refractivity contribution in [3.63, 3.8) is 0 Å². The Labute approximate surface area is 165 Å². The van der Waals surface area contributed by atoms with E-state index in [1.54, 1.807) is 22.7 Å². The maximum atomic E-state index is 14.8. The van der Waals surface area contributed by atoms with Crippen LogP contribution in [0.5, 0.6) is 0 Å². The molecule has 2 aromatic rings. The lowest BCUT2D eigenvalue weighted by Crippen LogP contribution is -2.28. The van der Waals surface area contributed by atoms with Gasteiger partial charge in [0.25, 0.3) is 0 Å². The average Bonchev–Trinajstić information content (AvgIpc) is 3.03. The predicted octanol–water partition coefficient (Wildman–Crippen LogP) is 2.30. The van der Waals surface area contributed by atoms with Crippen molar-refractivity contribution >= 4 is 29.0 Å². The summed E-state index contributed by atoms with van der Waals surface area (Å²) in [5.74, 6) is 0.290. The molecule has 1 aromatic heterocycles. The third-order valence-electron chi connectivity index (χ3n) is 4.98. The number of hydrogen-bond acceptors (Lipinski definition) is 5. The van der Waals surface area contributed by atoms with Crippen molar-refractivity contribution in [2.24, 2.45) is 7.05 Å². The lowest BCUT2D eigenvalue weighted by Gasteiger charge is -2.23. The van der Waals surface area contributed by atoms with Gasteiger partial charge in [0.1, 0.15) is 5.82 Å². The summed E-state index contributed by atoms with van der Waals surface area (Å²) in [6, 6.07) is 3.46. The molecule has 1 aromatic carbocycles. The minimum absolute atomic E-state index is 0.156. The molecule has 8 heteroatoms. The molecule has 0 spiro atoms. The number of aryl methyl sites for hydroxylation is 1. The van der Waals surface area contributed by atoms with Crippen LogP contribution in [0.4, 0.5) is 10.2 Å². The summed E-state index contributed by atoms with van der Waals surface area (Å²) >= 11 is 0. The summed E-state index contributed by atoms with van der Waals surface area (Å²) in [6.07, 6.45) is 2.39. The average molecular weight is 391 g/mol. The third kappa shape index (κ3) is 4.86. The van der Waals surface area contributed by atoms with Gasteiger partial charge >= 0.3 is 0 Å². The Bertz CT molecular complexity index is 815. The zero-order valence-electron chi connectivity index (χ0n) is 17.1. The molecule has 0 unspecified atom stereocenters. The van der Waals surface area contributed by atoms with E-state index >= 15 is 0 Å². The van der Waals surface area contributed by atoms with Gasteiger partial charge in [0.15, 0.2) is 5.82 Å². The number of piperidine rings is 1. The van der Waals surface area contributed by atoms with Gasteiger partial charge in [-0.3, -0.25) is 19.6 Å². The second kappa shape index (κ2) is 10.2. The Kier molecular flexibility index (Phi) is 7.92. The number of amides is 2. The molecule has 0 atom stereocenters. The molecule has 1 aliphatic heterocycles. The molecule has 7 nitrogen and oxygen atoms in total. The predicted molar refractivity (Wildman–Crippen MR) is 109 cm³/mol. The van der Waals surface area contributed by atoms with Crippen molar-refractivity contribution in [2.75, 3.05) is 31.6 Å². The minimum atomic E-state index is -0.355. The highest BCUT2D eigenvalue weighted by atomic mass is 19.1. The lowest BCUT2D eigenvalue weighted by atomic mass is 9.89. The number of carbonyl (C=O) groups is 2. The molecule has 0 bridgehead atoms. The second-order valence-electron chi connectivity index (χ2n) is 6.72. The van der Waals surface area contributed by atoms with Crippen molar-refractivity contribution < 1.29 is 14.0 Å². The molecule has 2 N–H and O–H groups in total. The number of fused-ring (bicyclic) bond motifs is 1. The van der Waals surface area contributed by atoms with E-state index in [9.17, 15) is 14.0 Å². The number of nitrogens with one attached hydrogen (secondary N) is 2. The largest absolute Gasteiger partial charge is 0.357 e. The Balaban J connectivity index is 0.00000136. The fraction of sp³-hybridized carbons (Fsp3) is 0.550. The summed E-state index contributed by atoms with van der Waals surface area (Å²) in [4.78, 5) is 23.6. The number of rotatable bonds is 6. The number of imide groups is 1. The Hall–Kier alpha value is -2.48. The number of hydrogen-bond donors (Lipinski definition) is 2. The Morgan fingerprint density at radius 3 is 2.71 bits per heavy atom. The fourth-order valence-corrected chi connectivity index (χ4v) is 3.52. The first-order valence-corrected chi connectivity index (χ1v) is 9.82. The number of benzene rings is 1. The summed E-state index contributed by atoms with van der Waals surface area (Å²) in [5.41, 5.74) is 1.63. The van der Waals surface area contributed by atoms with Gasteiger partial charge in [0.2, 0.25) is 12.3 Å². The summed E-state index contributed by atoms with van der Waals surface area (Å²) in [5, 5.41) is 10.6. The SMILES string of the molecule is CC.CN(CCC(=O)NC=O)c1nn(C)c2cc(C3CCNCC3)c(F)cc12. The van der Waals surface area contributed by atoms with E-state index in [0.717, 1.165) is 42.4 Å². The number of halogens is 1. The van der Waals surface area contributed by atoms with Gasteiger partial charge in [-0.1, -0.05) is 13.8 Å². The van der Waals surface area contributed by atoms with Crippen molar-refractivity contribution in [1.29, 1.82) is 0 Å². The smallest absolute Gasteiger partial charge is 0.228 e. The number of carbonyl (C=O) groups excluding carboxylic acids is 2. The normalized spacial score (nSPS) is 14.3. The van der Waals surface area contributed by atoms with Gasteiger partial charge < -0.3 is 10.2 Å². The van der Waals surface area contributed by atoms with Crippen LogP contribution < -0.4 is 15.5 Å². The fourth-order valence-electron chi connectivity index (χ4n) is 3.52. The van der Waals surface area contributed by atoms with Crippen molar-refractivity contribution in [3.05, 3.63) is 23.5 Å². The zero-order valence-corrected chi connectivity index (χ0v) is 17.1. The Morgan fingerprint density at radius 2 is 2.07 bits per heavy atom. The van der Waals surface area contributed by atoms with Gasteiger partial charge in [-0.15, -0.1) is 0 Å². The van der Waals surface area contributed by atoms with Gasteiger partial charge in [-0.25, -0.2) is 4.39 Å². The molecule has 1 aliphatic rings. The second-order valence-corrected chi connectivity index (χ2v) is 6.72. The molecule has 1 saturated heterocycles. The van der Waals surface area contributed by atoms with Gasteiger partial charge in [0.05, 0.1) is 5.52 Å². The summed E-state index contributed by atoms with van der Waals surface area (Å²) in [6.45, 7) is 6.19. The molecule has 28 heavy (non-hydrogen) atoms. The van der Waals surface area contributed by atoms with Crippen molar-refractivity contribution in [1.82, 2.24) is 20.4 Å². The van der Waals surface area contributed by atoms with Crippen LogP contribution in [0.1, 0.15) is 44.6 Å².